The van der Waals surface area contributed by atoms with Crippen LogP contribution in [0.5, 0.6) is 69.0 Å². The van der Waals surface area contributed by atoms with Crippen molar-refractivity contribution in [2.24, 2.45) is 5.73 Å². The number of nitrogens with two attached hydrogens (primary N) is 1. The minimum Gasteiger partial charge on any atom is -0.489 e. The molecule has 0 bridgehead atoms. The van der Waals surface area contributed by atoms with Gasteiger partial charge in [-0.2, -0.15) is 0 Å². The number of rotatable bonds is 46. The molecule has 0 spiro atoms. The van der Waals surface area contributed by atoms with E-state index >= 15 is 0 Å². The van der Waals surface area contributed by atoms with Gasteiger partial charge >= 0.3 is 0 Å². The zero-order valence-electron chi connectivity index (χ0n) is 72.0. The molecule has 0 heterocycles. The van der Waals surface area contributed by atoms with Crippen LogP contribution in [0.25, 0.3) is 0 Å². The molecule has 1 radical (unpaired) electrons. The normalized spacial score (nSPS) is 11.1. The van der Waals surface area contributed by atoms with Crippen molar-refractivity contribution in [3.8, 4) is 81.0 Å². The summed E-state index contributed by atoms with van der Waals surface area (Å²) in [7, 11) is -1.46. The first kappa shape index (κ1) is 93.1. The van der Waals surface area contributed by atoms with Crippen molar-refractivity contribution in [2.75, 3.05) is 6.61 Å². The van der Waals surface area contributed by atoms with E-state index in [-0.39, 0.29) is 70.3 Å². The van der Waals surface area contributed by atoms with Gasteiger partial charge in [-0.05, 0) is 178 Å². The van der Waals surface area contributed by atoms with Gasteiger partial charge in [-0.25, -0.2) is 4.67 Å². The first-order chi connectivity index (χ1) is 61.9. The fraction of sp³-hybridized carbons (Fsp3) is 0.204. The zero-order valence-corrected chi connectivity index (χ0v) is 74.3. The number of aliphatic hydroxyl groups excluding tert-OH is 1. The molecule has 19 heteroatoms. The van der Waals surface area contributed by atoms with Gasteiger partial charge in [0.25, 0.3) is 8.53 Å². The standard InChI is InChI=1S/C59H63N2O8P.C49H44O7.V/c1-45(2)61(46(3)4)70(68-28-18-17-27-60)69-44-53-33-58(66-42-51-29-54(62-38-47-19-9-5-10-20-47)35-55(30-51)63-39-48-21-11-6-12-22-48)37-59(34-53)67-43-52-31-56(64-40-49-23-13-7-14-24-49)36-57(32-52)65-41-50-25-15-8-16-26-50;50-30-41-21-44(55-35-42-23-46(51-31-37-13-5-1-6-14-37)28-47(24-42)52-32-38-15-7-2-8-16-38)27-45(22-41)56-36-43-25-48(53-33-39-17-9-3-10-18-39)29-49(26-43)54-34-40-19-11-4-12-20-40;/h5-16,19-26,29-37,45-46H,18,28,38-44,60H2,1-4H3;1-29,50H,30-36H2;. The van der Waals surface area contributed by atoms with Gasteiger partial charge in [-0.15, -0.1) is 0 Å². The minimum atomic E-state index is -1.46. The molecule has 0 aliphatic carbocycles. The van der Waals surface area contributed by atoms with Crippen LogP contribution in [-0.2, 0) is 120 Å². The second kappa shape index (κ2) is 50.7. The van der Waals surface area contributed by atoms with Crippen LogP contribution < -0.4 is 62.6 Å². The molecule has 14 rings (SSSR count). The third-order valence-corrected chi connectivity index (χ3v) is 21.6. The molecule has 0 amide bonds. The molecule has 14 aromatic carbocycles. The average Bonchev–Trinajstić information content (AvgIpc) is 0.849. The molecule has 0 aliphatic heterocycles. The molecule has 0 aromatic heterocycles. The fourth-order valence-electron chi connectivity index (χ4n) is 13.4. The van der Waals surface area contributed by atoms with Crippen molar-refractivity contribution < 1.29 is 89.6 Å². The molecule has 0 aliphatic rings. The van der Waals surface area contributed by atoms with Crippen LogP contribution in [0.4, 0.5) is 0 Å². The molecule has 17 nitrogen and oxygen atoms in total. The molecule has 0 saturated heterocycles. The van der Waals surface area contributed by atoms with E-state index in [4.69, 9.17) is 71.6 Å². The molecule has 1 atom stereocenters. The van der Waals surface area contributed by atoms with E-state index in [1.54, 1.807) is 0 Å². The van der Waals surface area contributed by atoms with E-state index in [2.05, 4.69) is 44.3 Å². The summed E-state index contributed by atoms with van der Waals surface area (Å²) in [5.74, 6) is 10.6. The van der Waals surface area contributed by atoms with Gasteiger partial charge in [-0.1, -0.05) is 249 Å². The molecule has 3 N–H and O–H groups in total. The van der Waals surface area contributed by atoms with Crippen molar-refractivity contribution in [3.05, 3.63) is 430 Å². The van der Waals surface area contributed by atoms with Gasteiger partial charge in [0.1, 0.15) is 148 Å². The summed E-state index contributed by atoms with van der Waals surface area (Å²) in [4.78, 5) is 0. The van der Waals surface area contributed by atoms with Gasteiger partial charge in [-0.3, -0.25) is 0 Å². The molecular formula is C108H107N2O15PV. The number of nitrogens with zero attached hydrogens (tertiary/aromatic N) is 1. The van der Waals surface area contributed by atoms with E-state index in [0.29, 0.717) is 140 Å². The van der Waals surface area contributed by atoms with Crippen LogP contribution in [0.3, 0.4) is 0 Å². The molecule has 14 aromatic rings. The Morgan fingerprint density at radius 2 is 0.417 bits per heavy atom. The maximum Gasteiger partial charge on any atom is 0.259 e. The Labute approximate surface area is 759 Å². The second-order valence-corrected chi connectivity index (χ2v) is 31.8. The van der Waals surface area contributed by atoms with Crippen molar-refractivity contribution in [3.63, 3.8) is 0 Å². The van der Waals surface area contributed by atoms with Gasteiger partial charge in [0.15, 0.2) is 0 Å². The van der Waals surface area contributed by atoms with E-state index in [1.165, 1.54) is 0 Å². The number of hydrogen-bond acceptors (Lipinski definition) is 17. The molecule has 127 heavy (non-hydrogen) atoms. The first-order valence-corrected chi connectivity index (χ1v) is 43.3. The number of benzene rings is 14. The summed E-state index contributed by atoms with van der Waals surface area (Å²) in [6.45, 7) is 13.3. The first-order valence-electron chi connectivity index (χ1n) is 42.2. The maximum absolute atomic E-state index is 10.1. The van der Waals surface area contributed by atoms with E-state index < -0.39 is 8.53 Å². The molecular weight excluding hydrogens is 1650 g/mol. The summed E-state index contributed by atoms with van der Waals surface area (Å²) in [5.41, 5.74) is 19.0. The zero-order chi connectivity index (χ0) is 87.0. The number of aliphatic hydroxyl groups is 1. The maximum atomic E-state index is 10.1. The monoisotopic (exact) mass is 1750 g/mol. The van der Waals surface area contributed by atoms with Crippen molar-refractivity contribution in [2.45, 2.75) is 139 Å². The van der Waals surface area contributed by atoms with Crippen LogP contribution in [0.15, 0.2) is 352 Å². The predicted molar refractivity (Wildman–Crippen MR) is 494 cm³/mol. The van der Waals surface area contributed by atoms with Crippen molar-refractivity contribution in [1.82, 2.24) is 4.67 Å². The van der Waals surface area contributed by atoms with Crippen molar-refractivity contribution >= 4 is 8.53 Å². The van der Waals surface area contributed by atoms with E-state index in [9.17, 15) is 5.11 Å². The van der Waals surface area contributed by atoms with Crippen LogP contribution in [0.2, 0.25) is 0 Å². The van der Waals surface area contributed by atoms with Crippen LogP contribution in [-0.4, -0.2) is 28.5 Å². The Hall–Kier alpha value is -13.1. The van der Waals surface area contributed by atoms with E-state index in [1.807, 2.05) is 352 Å². The molecule has 0 fully saturated rings. The molecule has 1 unspecified atom stereocenters. The van der Waals surface area contributed by atoms with E-state index in [0.717, 1.165) is 72.3 Å². The Bertz CT molecular complexity index is 5080. The predicted octanol–water partition coefficient (Wildman–Crippen LogP) is 24.0. The molecule has 649 valence electrons. The van der Waals surface area contributed by atoms with Crippen LogP contribution in [0.1, 0.15) is 112 Å². The Balaban J connectivity index is 0.000000234. The Morgan fingerprint density at radius 3 is 0.591 bits per heavy atom. The average molecular weight is 1750 g/mol. The van der Waals surface area contributed by atoms with Crippen LogP contribution in [0, 0.1) is 12.0 Å². The SMILES string of the molecule is CC(C)N(C(C)C)P(OCCC#CN)OCc1cc(OCc2cc(OCc3ccccc3)cc(OCc3ccccc3)c2)cc(OCc2cc(OCc3ccccc3)cc(OCc3ccccc3)c2)c1.OCc1cc(OCc2cc(OCc3ccccc3)cc(OCc3ccccc3)c2)cc(OCc2cc(OCc3ccccc3)cc(OCc3ccccc3)c2)c1.[V]. The summed E-state index contributed by atoms with van der Waals surface area (Å²) >= 11 is 0. The summed E-state index contributed by atoms with van der Waals surface area (Å²) < 4.78 is 91.1. The largest absolute Gasteiger partial charge is 0.489 e. The topological polar surface area (TPSA) is 179 Å². The summed E-state index contributed by atoms with van der Waals surface area (Å²) in [6.07, 6.45) is 0.499. The quantitative estimate of drug-likeness (QED) is 0.0159. The van der Waals surface area contributed by atoms with Gasteiger partial charge in [0.2, 0.25) is 0 Å². The second-order valence-electron chi connectivity index (χ2n) is 30.4. The smallest absolute Gasteiger partial charge is 0.259 e. The number of hydrogen-bond donors (Lipinski definition) is 2. The Kier molecular flexibility index (Phi) is 37.2. The summed E-state index contributed by atoms with van der Waals surface area (Å²) in [5, 5.41) is 10.1. The molecule has 0 saturated carbocycles. The van der Waals surface area contributed by atoms with Crippen LogP contribution >= 0.6 is 8.53 Å². The third kappa shape index (κ3) is 32.1. The third-order valence-electron chi connectivity index (χ3n) is 19.5. The Morgan fingerprint density at radius 1 is 0.244 bits per heavy atom. The number of ether oxygens (including phenoxy) is 12. The van der Waals surface area contributed by atoms with Gasteiger partial charge in [0.05, 0.1) is 19.8 Å². The minimum absolute atomic E-state index is 0. The van der Waals surface area contributed by atoms with Gasteiger partial charge in [0, 0.05) is 79.5 Å². The fourth-order valence-corrected chi connectivity index (χ4v) is 15.0. The van der Waals surface area contributed by atoms with Gasteiger partial charge < -0.3 is 76.7 Å². The summed E-state index contributed by atoms with van der Waals surface area (Å²) in [6, 6.07) is 118. The van der Waals surface area contributed by atoms with Crippen molar-refractivity contribution in [1.29, 1.82) is 0 Å².